The lowest BCUT2D eigenvalue weighted by Crippen LogP contribution is -2.45. The van der Waals surface area contributed by atoms with Crippen LogP contribution in [-0.2, 0) is 6.54 Å². The molecule has 3 nitrogen and oxygen atoms in total. The molecule has 1 saturated heterocycles. The molecule has 0 aliphatic carbocycles. The van der Waals surface area contributed by atoms with Crippen molar-refractivity contribution in [3.8, 4) is 0 Å². The van der Waals surface area contributed by atoms with Crippen molar-refractivity contribution in [2.24, 2.45) is 0 Å². The molecular weight excluding hydrogens is 318 g/mol. The Hall–Kier alpha value is -1.16. The summed E-state index contributed by atoms with van der Waals surface area (Å²) >= 11 is 6.62. The molecule has 3 rings (SSSR count). The molecule has 0 radical (unpaired) electrons. The molecule has 4 heteroatoms. The summed E-state index contributed by atoms with van der Waals surface area (Å²) in [5.41, 5.74) is 3.18. The molecule has 0 bridgehead atoms. The van der Waals surface area contributed by atoms with Crippen LogP contribution in [0.2, 0.25) is 5.02 Å². The van der Waals surface area contributed by atoms with E-state index in [2.05, 4.69) is 49.8 Å². The maximum atomic E-state index is 6.62. The van der Waals surface area contributed by atoms with Crippen LogP contribution in [0.25, 0.3) is 10.9 Å². The molecule has 0 N–H and O–H groups in total. The van der Waals surface area contributed by atoms with Crippen LogP contribution in [0, 0.1) is 6.92 Å². The minimum absolute atomic E-state index is 0.615. The Morgan fingerprint density at radius 3 is 2.58 bits per heavy atom. The fraction of sp³-hybridized carbons (Fsp3) is 0.550. The van der Waals surface area contributed by atoms with Crippen LogP contribution in [0.5, 0.6) is 0 Å². The highest BCUT2D eigenvalue weighted by atomic mass is 35.5. The van der Waals surface area contributed by atoms with E-state index in [1.54, 1.807) is 0 Å². The normalized spacial score (nSPS) is 17.3. The number of para-hydroxylation sites is 1. The molecule has 24 heavy (non-hydrogen) atoms. The number of benzene rings is 1. The Kier molecular flexibility index (Phi) is 5.43. The number of pyridine rings is 1. The second-order valence-corrected chi connectivity index (χ2v) is 7.67. The summed E-state index contributed by atoms with van der Waals surface area (Å²) in [5.74, 6) is 0. The fourth-order valence-electron chi connectivity index (χ4n) is 3.73. The number of aryl methyl sites for hydroxylation is 1. The lowest BCUT2D eigenvalue weighted by Gasteiger charge is -2.38. The van der Waals surface area contributed by atoms with Crippen LogP contribution >= 0.6 is 11.6 Å². The fourth-order valence-corrected chi connectivity index (χ4v) is 3.93. The van der Waals surface area contributed by atoms with Crippen molar-refractivity contribution >= 4 is 22.5 Å². The van der Waals surface area contributed by atoms with E-state index in [9.17, 15) is 0 Å². The number of hydrogen-bond donors (Lipinski definition) is 0. The van der Waals surface area contributed by atoms with Gasteiger partial charge < -0.3 is 4.90 Å². The predicted octanol–water partition coefficient (Wildman–Crippen LogP) is 4.50. The average Bonchev–Trinajstić information content (AvgIpc) is 2.59. The van der Waals surface area contributed by atoms with Gasteiger partial charge in [0.05, 0.1) is 16.2 Å². The zero-order valence-corrected chi connectivity index (χ0v) is 16.0. The van der Waals surface area contributed by atoms with Crippen molar-refractivity contribution < 1.29 is 0 Å². The topological polar surface area (TPSA) is 19.4 Å². The Morgan fingerprint density at radius 2 is 1.92 bits per heavy atom. The number of hydrogen-bond acceptors (Lipinski definition) is 3. The second kappa shape index (κ2) is 7.38. The molecule has 0 atom stereocenters. The Balaban J connectivity index is 1.74. The first-order valence-electron chi connectivity index (χ1n) is 8.95. The van der Waals surface area contributed by atoms with E-state index in [1.165, 1.54) is 25.9 Å². The van der Waals surface area contributed by atoms with Gasteiger partial charge in [-0.05, 0) is 65.4 Å². The van der Waals surface area contributed by atoms with Gasteiger partial charge in [-0.15, -0.1) is 0 Å². The van der Waals surface area contributed by atoms with E-state index in [4.69, 9.17) is 16.6 Å². The van der Waals surface area contributed by atoms with E-state index >= 15 is 0 Å². The molecule has 0 unspecified atom stereocenters. The monoisotopic (exact) mass is 345 g/mol. The van der Waals surface area contributed by atoms with Crippen LogP contribution in [0.3, 0.4) is 0 Å². The highest BCUT2D eigenvalue weighted by Crippen LogP contribution is 2.28. The maximum Gasteiger partial charge on any atom is 0.0740 e. The molecule has 0 saturated carbocycles. The molecule has 1 aliphatic heterocycles. The zero-order valence-electron chi connectivity index (χ0n) is 15.2. The Bertz CT molecular complexity index is 705. The van der Waals surface area contributed by atoms with Gasteiger partial charge in [0.2, 0.25) is 0 Å². The van der Waals surface area contributed by atoms with Crippen LogP contribution in [0.15, 0.2) is 24.3 Å². The third-order valence-corrected chi connectivity index (χ3v) is 5.90. The van der Waals surface area contributed by atoms with Crippen LogP contribution in [0.4, 0.5) is 0 Å². The first-order valence-corrected chi connectivity index (χ1v) is 9.33. The molecule has 0 spiro atoms. The number of halogens is 1. The summed E-state index contributed by atoms with van der Waals surface area (Å²) in [6.07, 6.45) is 2.44. The summed E-state index contributed by atoms with van der Waals surface area (Å²) in [4.78, 5) is 9.83. The number of rotatable bonds is 4. The van der Waals surface area contributed by atoms with Crippen LogP contribution in [-0.4, -0.2) is 47.0 Å². The van der Waals surface area contributed by atoms with Crippen molar-refractivity contribution in [3.05, 3.63) is 40.5 Å². The van der Waals surface area contributed by atoms with Gasteiger partial charge in [-0.25, -0.2) is 4.98 Å². The molecule has 2 aromatic rings. The minimum atomic E-state index is 0.615. The van der Waals surface area contributed by atoms with Gasteiger partial charge in [-0.3, -0.25) is 4.90 Å². The summed E-state index contributed by atoms with van der Waals surface area (Å²) < 4.78 is 0. The van der Waals surface area contributed by atoms with E-state index in [0.717, 1.165) is 33.7 Å². The smallest absolute Gasteiger partial charge is 0.0740 e. The van der Waals surface area contributed by atoms with E-state index < -0.39 is 0 Å². The molecule has 2 heterocycles. The maximum absolute atomic E-state index is 6.62. The SMILES string of the molecule is Cc1c(Cl)c(CN(C)C2CCN(C(C)C)CC2)nc2ccccc12. The lowest BCUT2D eigenvalue weighted by atomic mass is 10.0. The molecule has 1 aliphatic rings. The highest BCUT2D eigenvalue weighted by molar-refractivity contribution is 6.32. The second-order valence-electron chi connectivity index (χ2n) is 7.29. The van der Waals surface area contributed by atoms with Gasteiger partial charge >= 0.3 is 0 Å². The zero-order chi connectivity index (χ0) is 17.3. The number of likely N-dealkylation sites (tertiary alicyclic amines) is 1. The van der Waals surface area contributed by atoms with Crippen LogP contribution < -0.4 is 0 Å². The lowest BCUT2D eigenvalue weighted by molar-refractivity contribution is 0.103. The molecule has 1 fully saturated rings. The third kappa shape index (κ3) is 3.58. The quantitative estimate of drug-likeness (QED) is 0.813. The summed E-state index contributed by atoms with van der Waals surface area (Å²) in [6, 6.07) is 9.52. The average molecular weight is 346 g/mol. The predicted molar refractivity (Wildman–Crippen MR) is 103 cm³/mol. The van der Waals surface area contributed by atoms with Gasteiger partial charge in [0.25, 0.3) is 0 Å². The Morgan fingerprint density at radius 1 is 1.25 bits per heavy atom. The van der Waals surface area contributed by atoms with Gasteiger partial charge in [-0.1, -0.05) is 29.8 Å². The van der Waals surface area contributed by atoms with Crippen LogP contribution in [0.1, 0.15) is 37.9 Å². The molecular formula is C20H28ClN3. The third-order valence-electron chi connectivity index (χ3n) is 5.40. The van der Waals surface area contributed by atoms with E-state index in [-0.39, 0.29) is 0 Å². The summed E-state index contributed by atoms with van der Waals surface area (Å²) in [7, 11) is 2.21. The number of nitrogens with zero attached hydrogens (tertiary/aromatic N) is 3. The van der Waals surface area contributed by atoms with E-state index in [0.29, 0.717) is 12.1 Å². The van der Waals surface area contributed by atoms with Crippen molar-refractivity contribution in [2.45, 2.75) is 52.2 Å². The van der Waals surface area contributed by atoms with E-state index in [1.807, 2.05) is 12.1 Å². The largest absolute Gasteiger partial charge is 0.301 e. The van der Waals surface area contributed by atoms with Crippen molar-refractivity contribution in [1.82, 2.24) is 14.8 Å². The van der Waals surface area contributed by atoms with Gasteiger partial charge in [-0.2, -0.15) is 0 Å². The van der Waals surface area contributed by atoms with Crippen molar-refractivity contribution in [1.29, 1.82) is 0 Å². The first-order chi connectivity index (χ1) is 11.5. The molecule has 1 aromatic carbocycles. The standard InChI is InChI=1S/C20H28ClN3/c1-14(2)24-11-9-16(10-12-24)23(4)13-19-20(21)15(3)17-7-5-6-8-18(17)22-19/h5-8,14,16H,9-13H2,1-4H3. The Labute approximate surface area is 150 Å². The van der Waals surface area contributed by atoms with Crippen molar-refractivity contribution in [3.63, 3.8) is 0 Å². The van der Waals surface area contributed by atoms with Crippen molar-refractivity contribution in [2.75, 3.05) is 20.1 Å². The number of fused-ring (bicyclic) bond motifs is 1. The highest BCUT2D eigenvalue weighted by Gasteiger charge is 2.24. The summed E-state index contributed by atoms with van der Waals surface area (Å²) in [6.45, 7) is 9.85. The van der Waals surface area contributed by atoms with Gasteiger partial charge in [0.15, 0.2) is 0 Å². The molecule has 1 aromatic heterocycles. The number of piperidine rings is 1. The summed E-state index contributed by atoms with van der Waals surface area (Å²) in [5, 5.41) is 1.97. The molecule has 130 valence electrons. The van der Waals surface area contributed by atoms with Gasteiger partial charge in [0.1, 0.15) is 0 Å². The number of aromatic nitrogens is 1. The minimum Gasteiger partial charge on any atom is -0.301 e. The molecule has 0 amide bonds. The first kappa shape index (κ1) is 17.7. The van der Waals surface area contributed by atoms with Gasteiger partial charge in [0, 0.05) is 24.0 Å².